The van der Waals surface area contributed by atoms with E-state index in [4.69, 9.17) is 9.73 Å². The second-order valence-corrected chi connectivity index (χ2v) is 7.75. The van der Waals surface area contributed by atoms with Crippen LogP contribution in [-0.4, -0.2) is 69.9 Å². The number of aliphatic imine (C=N–C) groups is 1. The van der Waals surface area contributed by atoms with Crippen LogP contribution in [0, 0.1) is 0 Å². The zero-order valence-corrected chi connectivity index (χ0v) is 20.7. The van der Waals surface area contributed by atoms with Gasteiger partial charge in [0.15, 0.2) is 5.96 Å². The molecule has 0 spiro atoms. The predicted molar refractivity (Wildman–Crippen MR) is 140 cm³/mol. The third-order valence-electron chi connectivity index (χ3n) is 5.76. The Morgan fingerprint density at radius 1 is 0.839 bits per heavy atom. The number of benzene rings is 2. The van der Waals surface area contributed by atoms with Crippen LogP contribution in [0.4, 0.5) is 11.4 Å². The van der Waals surface area contributed by atoms with Crippen molar-refractivity contribution in [3.8, 4) is 0 Å². The summed E-state index contributed by atoms with van der Waals surface area (Å²) in [7, 11) is 0. The lowest BCUT2D eigenvalue weighted by Gasteiger charge is -2.37. The summed E-state index contributed by atoms with van der Waals surface area (Å²) in [5.74, 6) is 1.02. The minimum atomic E-state index is 0. The Morgan fingerprint density at radius 3 is 2.10 bits per heavy atom. The van der Waals surface area contributed by atoms with Gasteiger partial charge in [0, 0.05) is 57.2 Å². The van der Waals surface area contributed by atoms with E-state index in [0.717, 1.165) is 65.0 Å². The van der Waals surface area contributed by atoms with Gasteiger partial charge in [0.05, 0.1) is 19.8 Å². The van der Waals surface area contributed by atoms with Crippen LogP contribution in [0.15, 0.2) is 59.6 Å². The van der Waals surface area contributed by atoms with E-state index in [2.05, 4.69) is 81.5 Å². The fourth-order valence-corrected chi connectivity index (χ4v) is 4.04. The lowest BCUT2D eigenvalue weighted by molar-refractivity contribution is 0.122. The second kappa shape index (κ2) is 12.1. The van der Waals surface area contributed by atoms with Crippen LogP contribution in [0.3, 0.4) is 0 Å². The highest BCUT2D eigenvalue weighted by atomic mass is 127. The smallest absolute Gasteiger partial charge is 0.194 e. The summed E-state index contributed by atoms with van der Waals surface area (Å²) < 4.78 is 5.45. The first-order valence-corrected chi connectivity index (χ1v) is 11.1. The summed E-state index contributed by atoms with van der Waals surface area (Å²) in [6, 6.07) is 19.5. The number of halogens is 1. The molecule has 0 atom stereocenters. The normalized spacial score (nSPS) is 17.3. The van der Waals surface area contributed by atoms with Crippen molar-refractivity contribution in [3.63, 3.8) is 0 Å². The molecule has 1 N–H and O–H groups in total. The van der Waals surface area contributed by atoms with Crippen molar-refractivity contribution in [2.24, 2.45) is 4.99 Å². The highest BCUT2D eigenvalue weighted by Crippen LogP contribution is 2.18. The zero-order valence-electron chi connectivity index (χ0n) is 18.4. The molecule has 0 aromatic heterocycles. The van der Waals surface area contributed by atoms with E-state index < -0.39 is 0 Å². The lowest BCUT2D eigenvalue weighted by atomic mass is 10.2. The van der Waals surface area contributed by atoms with E-state index in [0.29, 0.717) is 6.54 Å². The number of guanidine groups is 1. The number of nitrogens with one attached hydrogen (secondary N) is 1. The fourth-order valence-electron chi connectivity index (χ4n) is 4.04. The van der Waals surface area contributed by atoms with Crippen molar-refractivity contribution in [3.05, 3.63) is 60.2 Å². The summed E-state index contributed by atoms with van der Waals surface area (Å²) in [5.41, 5.74) is 3.82. The molecule has 7 heteroatoms. The molecular weight excluding hydrogens is 501 g/mol. The van der Waals surface area contributed by atoms with E-state index in [-0.39, 0.29) is 24.0 Å². The summed E-state index contributed by atoms with van der Waals surface area (Å²) >= 11 is 0. The molecule has 6 nitrogen and oxygen atoms in total. The van der Waals surface area contributed by atoms with Gasteiger partial charge in [0.25, 0.3) is 0 Å². The number of ether oxygens (including phenoxy) is 1. The molecule has 4 rings (SSSR count). The number of piperazine rings is 1. The minimum absolute atomic E-state index is 0. The third-order valence-corrected chi connectivity index (χ3v) is 5.76. The number of hydrogen-bond acceptors (Lipinski definition) is 4. The van der Waals surface area contributed by atoms with Crippen LogP contribution in [0.5, 0.6) is 0 Å². The van der Waals surface area contributed by atoms with Crippen LogP contribution in [0.25, 0.3) is 0 Å². The van der Waals surface area contributed by atoms with Crippen LogP contribution >= 0.6 is 24.0 Å². The molecule has 168 valence electrons. The molecule has 31 heavy (non-hydrogen) atoms. The van der Waals surface area contributed by atoms with Crippen LogP contribution < -0.4 is 15.1 Å². The maximum atomic E-state index is 5.45. The Morgan fingerprint density at radius 2 is 1.45 bits per heavy atom. The molecule has 2 heterocycles. The van der Waals surface area contributed by atoms with Gasteiger partial charge in [-0.3, -0.25) is 0 Å². The molecule has 0 aliphatic carbocycles. The largest absolute Gasteiger partial charge is 0.378 e. The van der Waals surface area contributed by atoms with E-state index in [9.17, 15) is 0 Å². The number of rotatable bonds is 5. The quantitative estimate of drug-likeness (QED) is 0.361. The van der Waals surface area contributed by atoms with Crippen molar-refractivity contribution in [2.75, 3.05) is 68.8 Å². The Balaban J connectivity index is 0.00000272. The van der Waals surface area contributed by atoms with E-state index >= 15 is 0 Å². The van der Waals surface area contributed by atoms with Gasteiger partial charge in [-0.15, -0.1) is 24.0 Å². The van der Waals surface area contributed by atoms with Gasteiger partial charge in [0.1, 0.15) is 0 Å². The summed E-state index contributed by atoms with van der Waals surface area (Å²) in [6.45, 7) is 11.3. The van der Waals surface area contributed by atoms with Gasteiger partial charge < -0.3 is 24.8 Å². The SMILES string of the molecule is CCNC(=NCc1ccc(N2CCOCC2)cc1)N1CCN(c2ccccc2)CC1.I. The van der Waals surface area contributed by atoms with Crippen LogP contribution in [0.1, 0.15) is 12.5 Å². The fraction of sp³-hybridized carbons (Fsp3) is 0.458. The maximum absolute atomic E-state index is 5.45. The molecule has 0 saturated carbocycles. The molecule has 2 aromatic carbocycles. The number of anilines is 2. The van der Waals surface area contributed by atoms with Gasteiger partial charge in [-0.05, 0) is 36.8 Å². The molecule has 2 aromatic rings. The van der Waals surface area contributed by atoms with Gasteiger partial charge >= 0.3 is 0 Å². The van der Waals surface area contributed by atoms with Crippen LogP contribution in [0.2, 0.25) is 0 Å². The van der Waals surface area contributed by atoms with Crippen molar-refractivity contribution in [1.82, 2.24) is 10.2 Å². The summed E-state index contributed by atoms with van der Waals surface area (Å²) in [4.78, 5) is 12.1. The number of hydrogen-bond donors (Lipinski definition) is 1. The summed E-state index contributed by atoms with van der Waals surface area (Å²) in [6.07, 6.45) is 0. The van der Waals surface area contributed by atoms with E-state index in [1.54, 1.807) is 0 Å². The van der Waals surface area contributed by atoms with Crippen LogP contribution in [-0.2, 0) is 11.3 Å². The average Bonchev–Trinajstić information content (AvgIpc) is 2.83. The molecule has 2 aliphatic heterocycles. The van der Waals surface area contributed by atoms with Gasteiger partial charge in [-0.25, -0.2) is 4.99 Å². The van der Waals surface area contributed by atoms with Crippen molar-refractivity contribution in [2.45, 2.75) is 13.5 Å². The first-order valence-electron chi connectivity index (χ1n) is 11.1. The predicted octanol–water partition coefficient (Wildman–Crippen LogP) is 3.43. The second-order valence-electron chi connectivity index (χ2n) is 7.75. The highest BCUT2D eigenvalue weighted by Gasteiger charge is 2.19. The Hall–Kier alpha value is -2.00. The maximum Gasteiger partial charge on any atom is 0.194 e. The first kappa shape index (κ1) is 23.7. The molecule has 2 aliphatic rings. The molecule has 0 radical (unpaired) electrons. The molecule has 2 fully saturated rings. The Kier molecular flexibility index (Phi) is 9.27. The molecule has 0 unspecified atom stereocenters. The highest BCUT2D eigenvalue weighted by molar-refractivity contribution is 14.0. The minimum Gasteiger partial charge on any atom is -0.378 e. The standard InChI is InChI=1S/C24H33N5O.HI/c1-2-25-24(29-14-12-27(13-15-29)22-6-4-3-5-7-22)26-20-21-8-10-23(11-9-21)28-16-18-30-19-17-28;/h3-11H,2,12-20H2,1H3,(H,25,26);1H. The lowest BCUT2D eigenvalue weighted by Crippen LogP contribution is -2.52. The molecule has 2 saturated heterocycles. The van der Waals surface area contributed by atoms with Gasteiger partial charge in [-0.2, -0.15) is 0 Å². The number of nitrogens with zero attached hydrogens (tertiary/aromatic N) is 4. The molecular formula is C24H34IN5O. The average molecular weight is 535 g/mol. The third kappa shape index (κ3) is 6.49. The zero-order chi connectivity index (χ0) is 20.6. The number of morpholine rings is 1. The topological polar surface area (TPSA) is 43.3 Å². The molecule has 0 bridgehead atoms. The monoisotopic (exact) mass is 535 g/mol. The van der Waals surface area contributed by atoms with Gasteiger partial charge in [-0.1, -0.05) is 30.3 Å². The van der Waals surface area contributed by atoms with E-state index in [1.165, 1.54) is 16.9 Å². The van der Waals surface area contributed by atoms with Crippen molar-refractivity contribution >= 4 is 41.3 Å². The van der Waals surface area contributed by atoms with Gasteiger partial charge in [0.2, 0.25) is 0 Å². The Labute approximate surface area is 203 Å². The van der Waals surface area contributed by atoms with Crippen molar-refractivity contribution < 1.29 is 4.74 Å². The number of para-hydroxylation sites is 1. The van der Waals surface area contributed by atoms with E-state index in [1.807, 2.05) is 0 Å². The Bertz CT molecular complexity index is 800. The molecule has 0 amide bonds. The summed E-state index contributed by atoms with van der Waals surface area (Å²) in [5, 5.41) is 3.48. The first-order chi connectivity index (χ1) is 14.8. The van der Waals surface area contributed by atoms with Crippen molar-refractivity contribution in [1.29, 1.82) is 0 Å².